The van der Waals surface area contributed by atoms with E-state index in [2.05, 4.69) is 5.32 Å². The van der Waals surface area contributed by atoms with Crippen molar-refractivity contribution in [2.24, 2.45) is 0 Å². The van der Waals surface area contributed by atoms with Gasteiger partial charge in [-0.05, 0) is 19.1 Å². The van der Waals surface area contributed by atoms with E-state index in [0.29, 0.717) is 0 Å². The lowest BCUT2D eigenvalue weighted by Gasteiger charge is -2.06. The molecular formula is C9H9FINO. The van der Waals surface area contributed by atoms with Crippen molar-refractivity contribution < 1.29 is 9.18 Å². The lowest BCUT2D eigenvalue weighted by atomic mass is 10.3. The van der Waals surface area contributed by atoms with Crippen molar-refractivity contribution in [2.45, 2.75) is 10.8 Å². The van der Waals surface area contributed by atoms with Crippen LogP contribution in [0.15, 0.2) is 24.3 Å². The predicted molar refractivity (Wildman–Crippen MR) is 58.5 cm³/mol. The third-order valence-electron chi connectivity index (χ3n) is 1.49. The molecule has 0 aromatic heterocycles. The maximum atomic E-state index is 13.0. The van der Waals surface area contributed by atoms with E-state index in [1.54, 1.807) is 19.1 Å². The zero-order valence-electron chi connectivity index (χ0n) is 7.05. The summed E-state index contributed by atoms with van der Waals surface area (Å²) >= 11 is 1.97. The Morgan fingerprint density at radius 2 is 2.15 bits per heavy atom. The Morgan fingerprint density at radius 3 is 2.69 bits per heavy atom. The highest BCUT2D eigenvalue weighted by Gasteiger charge is 2.10. The monoisotopic (exact) mass is 293 g/mol. The van der Waals surface area contributed by atoms with Crippen molar-refractivity contribution >= 4 is 34.2 Å². The van der Waals surface area contributed by atoms with Gasteiger partial charge in [0.1, 0.15) is 5.82 Å². The second-order valence-electron chi connectivity index (χ2n) is 2.59. The molecule has 1 N–H and O–H groups in total. The molecule has 1 aromatic rings. The van der Waals surface area contributed by atoms with Crippen LogP contribution in [0.25, 0.3) is 0 Å². The molecule has 2 nitrogen and oxygen atoms in total. The molecule has 1 rings (SSSR count). The van der Waals surface area contributed by atoms with Gasteiger partial charge in [0, 0.05) is 0 Å². The summed E-state index contributed by atoms with van der Waals surface area (Å²) in [6, 6.07) is 6.11. The molecule has 0 saturated heterocycles. The smallest absolute Gasteiger partial charge is 0.237 e. The van der Waals surface area contributed by atoms with Crippen LogP contribution in [0, 0.1) is 5.82 Å². The molecule has 0 saturated carbocycles. The highest BCUT2D eigenvalue weighted by Crippen LogP contribution is 2.13. The van der Waals surface area contributed by atoms with Crippen molar-refractivity contribution in [2.75, 3.05) is 5.32 Å². The number of alkyl halides is 1. The number of amides is 1. The normalized spacial score (nSPS) is 12.2. The molecule has 13 heavy (non-hydrogen) atoms. The molecule has 4 heteroatoms. The van der Waals surface area contributed by atoms with Crippen LogP contribution in [0.3, 0.4) is 0 Å². The number of carbonyl (C=O) groups is 1. The van der Waals surface area contributed by atoms with Gasteiger partial charge < -0.3 is 5.32 Å². The number of rotatable bonds is 2. The molecule has 0 heterocycles. The standard InChI is InChI=1S/C9H9FINO/c1-6(11)9(13)12-8-5-3-2-4-7(8)10/h2-6H,1H3,(H,12,13)/t6-/m1/s1. The molecule has 1 atom stereocenters. The summed E-state index contributed by atoms with van der Waals surface area (Å²) < 4.78 is 12.8. The van der Waals surface area contributed by atoms with Gasteiger partial charge in [0.25, 0.3) is 0 Å². The van der Waals surface area contributed by atoms with Gasteiger partial charge >= 0.3 is 0 Å². The molecule has 0 unspecified atom stereocenters. The van der Waals surface area contributed by atoms with Gasteiger partial charge in [0.2, 0.25) is 5.91 Å². The molecule has 70 valence electrons. The van der Waals surface area contributed by atoms with Gasteiger partial charge in [-0.2, -0.15) is 0 Å². The number of hydrogen-bond donors (Lipinski definition) is 1. The Hall–Kier alpha value is -0.650. The third-order valence-corrected chi connectivity index (χ3v) is 2.06. The first-order chi connectivity index (χ1) is 6.11. The SMILES string of the molecule is C[C@@H](I)C(=O)Nc1ccccc1F. The Morgan fingerprint density at radius 1 is 1.54 bits per heavy atom. The second-order valence-corrected chi connectivity index (χ2v) is 4.45. The first-order valence-corrected chi connectivity index (χ1v) is 5.05. The zero-order chi connectivity index (χ0) is 9.84. The summed E-state index contributed by atoms with van der Waals surface area (Å²) in [5, 5.41) is 2.49. The Kier molecular flexibility index (Phi) is 3.65. The van der Waals surface area contributed by atoms with Crippen molar-refractivity contribution in [1.82, 2.24) is 0 Å². The fraction of sp³-hybridized carbons (Fsp3) is 0.222. The van der Waals surface area contributed by atoms with Crippen LogP contribution in [0.1, 0.15) is 6.92 Å². The van der Waals surface area contributed by atoms with Gasteiger partial charge in [-0.15, -0.1) is 0 Å². The topological polar surface area (TPSA) is 29.1 Å². The van der Waals surface area contributed by atoms with Crippen LogP contribution in [-0.4, -0.2) is 9.83 Å². The minimum atomic E-state index is -0.409. The third kappa shape index (κ3) is 2.95. The zero-order valence-corrected chi connectivity index (χ0v) is 9.21. The van der Waals surface area contributed by atoms with Crippen molar-refractivity contribution in [3.05, 3.63) is 30.1 Å². The van der Waals surface area contributed by atoms with Crippen LogP contribution in [-0.2, 0) is 4.79 Å². The molecule has 1 aromatic carbocycles. The molecule has 0 aliphatic rings. The van der Waals surface area contributed by atoms with Gasteiger partial charge in [-0.1, -0.05) is 34.7 Å². The molecule has 0 spiro atoms. The molecular weight excluding hydrogens is 284 g/mol. The van der Waals surface area contributed by atoms with E-state index < -0.39 is 5.82 Å². The number of carbonyl (C=O) groups excluding carboxylic acids is 1. The summed E-state index contributed by atoms with van der Waals surface area (Å²) in [6.07, 6.45) is 0. The number of halogens is 2. The van der Waals surface area contributed by atoms with Gasteiger partial charge in [0.15, 0.2) is 0 Å². The highest BCUT2D eigenvalue weighted by molar-refractivity contribution is 14.1. The average molecular weight is 293 g/mol. The second kappa shape index (κ2) is 4.55. The number of benzene rings is 1. The summed E-state index contributed by atoms with van der Waals surface area (Å²) in [7, 11) is 0. The first kappa shape index (κ1) is 10.4. The van der Waals surface area contributed by atoms with E-state index in [1.807, 2.05) is 22.6 Å². The van der Waals surface area contributed by atoms with E-state index >= 15 is 0 Å². The largest absolute Gasteiger partial charge is 0.323 e. The highest BCUT2D eigenvalue weighted by atomic mass is 127. The number of nitrogens with one attached hydrogen (secondary N) is 1. The van der Waals surface area contributed by atoms with Crippen LogP contribution < -0.4 is 5.32 Å². The molecule has 0 aliphatic heterocycles. The van der Waals surface area contributed by atoms with Crippen LogP contribution in [0.5, 0.6) is 0 Å². The number of anilines is 1. The molecule has 0 aliphatic carbocycles. The Labute approximate surface area is 89.7 Å². The van der Waals surface area contributed by atoms with Crippen molar-refractivity contribution in [3.63, 3.8) is 0 Å². The fourth-order valence-corrected chi connectivity index (χ4v) is 0.950. The van der Waals surface area contributed by atoms with Gasteiger partial charge in [0.05, 0.1) is 9.61 Å². The molecule has 1 amide bonds. The minimum Gasteiger partial charge on any atom is -0.323 e. The maximum Gasteiger partial charge on any atom is 0.237 e. The summed E-state index contributed by atoms with van der Waals surface area (Å²) in [5.74, 6) is -0.599. The molecule has 0 bridgehead atoms. The predicted octanol–water partition coefficient (Wildman–Crippen LogP) is 2.59. The van der Waals surface area contributed by atoms with Crippen LogP contribution in [0.4, 0.5) is 10.1 Å². The summed E-state index contributed by atoms with van der Waals surface area (Å²) in [6.45, 7) is 1.75. The van der Waals surface area contributed by atoms with Crippen molar-refractivity contribution in [1.29, 1.82) is 0 Å². The van der Waals surface area contributed by atoms with Gasteiger partial charge in [-0.25, -0.2) is 4.39 Å². The lowest BCUT2D eigenvalue weighted by molar-refractivity contribution is -0.115. The fourth-order valence-electron chi connectivity index (χ4n) is 0.795. The van der Waals surface area contributed by atoms with E-state index in [1.165, 1.54) is 12.1 Å². The minimum absolute atomic E-state index is 0.169. The van der Waals surface area contributed by atoms with E-state index in [0.717, 1.165) is 0 Å². The average Bonchev–Trinajstić information content (AvgIpc) is 2.08. The maximum absolute atomic E-state index is 13.0. The number of hydrogen-bond acceptors (Lipinski definition) is 1. The van der Waals surface area contributed by atoms with E-state index in [9.17, 15) is 9.18 Å². The van der Waals surface area contributed by atoms with E-state index in [4.69, 9.17) is 0 Å². The molecule has 0 radical (unpaired) electrons. The van der Waals surface area contributed by atoms with E-state index in [-0.39, 0.29) is 15.5 Å². The van der Waals surface area contributed by atoms with Crippen molar-refractivity contribution in [3.8, 4) is 0 Å². The number of para-hydroxylation sites is 1. The first-order valence-electron chi connectivity index (χ1n) is 3.80. The van der Waals surface area contributed by atoms with Gasteiger partial charge in [-0.3, -0.25) is 4.79 Å². The van der Waals surface area contributed by atoms with Crippen LogP contribution >= 0.6 is 22.6 Å². The lowest BCUT2D eigenvalue weighted by Crippen LogP contribution is -2.20. The summed E-state index contributed by atoms with van der Waals surface area (Å²) in [4.78, 5) is 11.2. The Balaban J connectivity index is 2.75. The summed E-state index contributed by atoms with van der Waals surface area (Å²) in [5.41, 5.74) is 0.232. The molecule has 0 fully saturated rings. The Bertz CT molecular complexity index is 314. The van der Waals surface area contributed by atoms with Crippen LogP contribution in [0.2, 0.25) is 0 Å². The quantitative estimate of drug-likeness (QED) is 0.659.